The predicted octanol–water partition coefficient (Wildman–Crippen LogP) is 0.998. The molecule has 3 heteroatoms. The molecule has 2 N–H and O–H groups in total. The second-order valence-corrected chi connectivity index (χ2v) is 3.32. The van der Waals surface area contributed by atoms with Crippen molar-refractivity contribution in [3.63, 3.8) is 0 Å². The minimum Gasteiger partial charge on any atom is -0.411 e. The monoisotopic (exact) mass is 143 g/mol. The van der Waals surface area contributed by atoms with Crippen molar-refractivity contribution in [3.05, 3.63) is 0 Å². The lowest BCUT2D eigenvalue weighted by Gasteiger charge is -2.21. The van der Waals surface area contributed by atoms with Crippen LogP contribution in [0.15, 0.2) is 5.16 Å². The Morgan fingerprint density at radius 2 is 2.20 bits per heavy atom. The van der Waals surface area contributed by atoms with Crippen LogP contribution in [0.2, 0.25) is 0 Å². The average molecular weight is 143 g/mol. The van der Waals surface area contributed by atoms with Gasteiger partial charge in [-0.3, -0.25) is 0 Å². The normalized spacial score (nSPS) is 35.1. The van der Waals surface area contributed by atoms with E-state index in [4.69, 9.17) is 5.21 Å². The van der Waals surface area contributed by atoms with Crippen LogP contribution in [-0.2, 0) is 0 Å². The number of aliphatic hydroxyl groups is 1. The van der Waals surface area contributed by atoms with Crippen molar-refractivity contribution in [2.24, 2.45) is 10.6 Å². The third kappa shape index (κ3) is 0.904. The van der Waals surface area contributed by atoms with Gasteiger partial charge in [0.25, 0.3) is 0 Å². The molecule has 0 spiro atoms. The Morgan fingerprint density at radius 1 is 1.60 bits per heavy atom. The highest BCUT2D eigenvalue weighted by molar-refractivity contribution is 5.91. The van der Waals surface area contributed by atoms with E-state index in [1.54, 1.807) is 0 Å². The molecule has 0 bridgehead atoms. The van der Waals surface area contributed by atoms with Crippen LogP contribution in [-0.4, -0.2) is 22.1 Å². The molecule has 1 unspecified atom stereocenters. The molecule has 0 aromatic rings. The van der Waals surface area contributed by atoms with Gasteiger partial charge in [0, 0.05) is 5.41 Å². The topological polar surface area (TPSA) is 52.8 Å². The van der Waals surface area contributed by atoms with Gasteiger partial charge in [-0.15, -0.1) is 0 Å². The molecular weight excluding hydrogens is 130 g/mol. The third-order valence-corrected chi connectivity index (χ3v) is 2.35. The van der Waals surface area contributed by atoms with E-state index in [2.05, 4.69) is 5.16 Å². The van der Waals surface area contributed by atoms with Crippen molar-refractivity contribution in [1.82, 2.24) is 0 Å². The minimum atomic E-state index is -0.349. The molecule has 0 aromatic heterocycles. The molecule has 1 aliphatic rings. The maximum absolute atomic E-state index is 9.37. The van der Waals surface area contributed by atoms with E-state index in [0.29, 0.717) is 18.6 Å². The second kappa shape index (κ2) is 2.23. The van der Waals surface area contributed by atoms with E-state index in [9.17, 15) is 5.11 Å². The molecule has 1 atom stereocenters. The van der Waals surface area contributed by atoms with Crippen molar-refractivity contribution in [3.8, 4) is 0 Å². The fourth-order valence-electron chi connectivity index (χ4n) is 1.33. The lowest BCUT2D eigenvalue weighted by Crippen LogP contribution is -2.28. The maximum atomic E-state index is 9.37. The Hall–Kier alpha value is -0.570. The van der Waals surface area contributed by atoms with E-state index in [1.807, 2.05) is 13.8 Å². The summed E-state index contributed by atoms with van der Waals surface area (Å²) in [6, 6.07) is 0. The summed E-state index contributed by atoms with van der Waals surface area (Å²) in [7, 11) is 0. The molecule has 1 rings (SSSR count). The summed E-state index contributed by atoms with van der Waals surface area (Å²) in [5.41, 5.74) is 0.384. The highest BCUT2D eigenvalue weighted by Crippen LogP contribution is 2.34. The lowest BCUT2D eigenvalue weighted by atomic mass is 9.88. The first kappa shape index (κ1) is 7.54. The molecule has 1 saturated carbocycles. The number of hydrogen-bond donors (Lipinski definition) is 2. The molecule has 0 aromatic carbocycles. The van der Waals surface area contributed by atoms with Crippen LogP contribution in [0.5, 0.6) is 0 Å². The van der Waals surface area contributed by atoms with Crippen LogP contribution >= 0.6 is 0 Å². The number of aliphatic hydroxyl groups excluding tert-OH is 1. The summed E-state index contributed by atoms with van der Waals surface area (Å²) >= 11 is 0. The van der Waals surface area contributed by atoms with Crippen molar-refractivity contribution in [2.45, 2.75) is 32.8 Å². The first-order chi connectivity index (χ1) is 4.59. The van der Waals surface area contributed by atoms with E-state index in [-0.39, 0.29) is 11.5 Å². The largest absolute Gasteiger partial charge is 0.411 e. The van der Waals surface area contributed by atoms with Crippen LogP contribution in [0.1, 0.15) is 26.7 Å². The minimum absolute atomic E-state index is 0.325. The Balaban J connectivity index is 2.84. The SMILES string of the molecule is CC1(C)/C(=N/O)CCC1O. The lowest BCUT2D eigenvalue weighted by molar-refractivity contribution is 0.104. The molecule has 0 aliphatic heterocycles. The number of rotatable bonds is 0. The molecule has 3 nitrogen and oxygen atoms in total. The fraction of sp³-hybridized carbons (Fsp3) is 0.857. The summed E-state index contributed by atoms with van der Waals surface area (Å²) in [4.78, 5) is 0. The maximum Gasteiger partial charge on any atom is 0.0653 e. The zero-order valence-electron chi connectivity index (χ0n) is 6.33. The Labute approximate surface area is 60.4 Å². The summed E-state index contributed by atoms with van der Waals surface area (Å²) in [5.74, 6) is 0. The predicted molar refractivity (Wildman–Crippen MR) is 38.2 cm³/mol. The van der Waals surface area contributed by atoms with Gasteiger partial charge >= 0.3 is 0 Å². The van der Waals surface area contributed by atoms with Gasteiger partial charge in [-0.25, -0.2) is 0 Å². The Morgan fingerprint density at radius 3 is 2.40 bits per heavy atom. The van der Waals surface area contributed by atoms with Crippen LogP contribution in [0.3, 0.4) is 0 Å². The van der Waals surface area contributed by atoms with Crippen LogP contribution in [0.25, 0.3) is 0 Å². The number of oxime groups is 1. The first-order valence-electron chi connectivity index (χ1n) is 3.48. The van der Waals surface area contributed by atoms with Crippen molar-refractivity contribution >= 4 is 5.71 Å². The van der Waals surface area contributed by atoms with Gasteiger partial charge in [-0.05, 0) is 12.8 Å². The molecule has 0 amide bonds. The third-order valence-electron chi connectivity index (χ3n) is 2.35. The van der Waals surface area contributed by atoms with E-state index in [0.717, 1.165) is 0 Å². The highest BCUT2D eigenvalue weighted by atomic mass is 16.4. The highest BCUT2D eigenvalue weighted by Gasteiger charge is 2.39. The Kier molecular flexibility index (Phi) is 1.68. The molecule has 10 heavy (non-hydrogen) atoms. The van der Waals surface area contributed by atoms with Gasteiger partial charge < -0.3 is 10.3 Å². The van der Waals surface area contributed by atoms with Gasteiger partial charge in [0.1, 0.15) is 0 Å². The van der Waals surface area contributed by atoms with Crippen molar-refractivity contribution in [1.29, 1.82) is 0 Å². The molecule has 0 radical (unpaired) electrons. The quantitative estimate of drug-likeness (QED) is 0.392. The first-order valence-corrected chi connectivity index (χ1v) is 3.48. The molecule has 1 aliphatic carbocycles. The second-order valence-electron chi connectivity index (χ2n) is 3.32. The van der Waals surface area contributed by atoms with E-state index in [1.165, 1.54) is 0 Å². The molecule has 1 fully saturated rings. The van der Waals surface area contributed by atoms with Crippen LogP contribution in [0, 0.1) is 5.41 Å². The van der Waals surface area contributed by atoms with Crippen molar-refractivity contribution in [2.75, 3.05) is 0 Å². The van der Waals surface area contributed by atoms with Gasteiger partial charge in [-0.1, -0.05) is 19.0 Å². The average Bonchev–Trinajstić information content (AvgIpc) is 2.10. The molecular formula is C7H13NO2. The number of hydrogen-bond acceptors (Lipinski definition) is 3. The van der Waals surface area contributed by atoms with E-state index < -0.39 is 0 Å². The number of nitrogens with zero attached hydrogens (tertiary/aromatic N) is 1. The van der Waals surface area contributed by atoms with Gasteiger partial charge in [-0.2, -0.15) is 0 Å². The van der Waals surface area contributed by atoms with Gasteiger partial charge in [0.05, 0.1) is 11.8 Å². The summed E-state index contributed by atoms with van der Waals surface area (Å²) < 4.78 is 0. The summed E-state index contributed by atoms with van der Waals surface area (Å²) in [5, 5.41) is 21.0. The summed E-state index contributed by atoms with van der Waals surface area (Å²) in [6.45, 7) is 3.78. The molecule has 58 valence electrons. The standard InChI is InChI=1S/C7H13NO2/c1-7(2)5(8-10)3-4-6(7)9/h6,9-10H,3-4H2,1-2H3/b8-5+. The van der Waals surface area contributed by atoms with Crippen LogP contribution < -0.4 is 0 Å². The van der Waals surface area contributed by atoms with E-state index >= 15 is 0 Å². The fourth-order valence-corrected chi connectivity index (χ4v) is 1.33. The Bertz CT molecular complexity index is 163. The van der Waals surface area contributed by atoms with Gasteiger partial charge in [0.2, 0.25) is 0 Å². The summed E-state index contributed by atoms with van der Waals surface area (Å²) in [6.07, 6.45) is 1.08. The zero-order valence-corrected chi connectivity index (χ0v) is 6.33. The van der Waals surface area contributed by atoms with Gasteiger partial charge in [0.15, 0.2) is 0 Å². The molecule has 0 saturated heterocycles. The van der Waals surface area contributed by atoms with Crippen molar-refractivity contribution < 1.29 is 10.3 Å². The molecule has 0 heterocycles. The zero-order chi connectivity index (χ0) is 7.78. The smallest absolute Gasteiger partial charge is 0.0653 e. The van der Waals surface area contributed by atoms with Crippen LogP contribution in [0.4, 0.5) is 0 Å².